The molecule has 0 aromatic heterocycles. The Morgan fingerprint density at radius 3 is 2.81 bits per heavy atom. The molecular weight excluding hydrogens is 266 g/mol. The van der Waals surface area contributed by atoms with Crippen LogP contribution in [0.1, 0.15) is 47.0 Å². The maximum absolute atomic E-state index is 10.9. The van der Waals surface area contributed by atoms with Crippen LogP contribution in [0.15, 0.2) is 11.6 Å². The molecule has 5 atom stereocenters. The first-order chi connectivity index (χ1) is 9.96. The van der Waals surface area contributed by atoms with Gasteiger partial charge in [0, 0.05) is 18.5 Å². The number of aliphatic hydroxyl groups is 1. The first-order valence-corrected chi connectivity index (χ1v) is 8.39. The third-order valence-electron chi connectivity index (χ3n) is 5.26. The Kier molecular flexibility index (Phi) is 4.17. The third kappa shape index (κ3) is 2.67. The molecule has 2 heterocycles. The van der Waals surface area contributed by atoms with E-state index in [-0.39, 0.29) is 18.2 Å². The second-order valence-corrected chi connectivity index (χ2v) is 7.15. The zero-order chi connectivity index (χ0) is 15.2. The van der Waals surface area contributed by atoms with Crippen molar-refractivity contribution in [2.45, 2.75) is 77.1 Å². The number of hydrogen-bond acceptors (Lipinski definition) is 4. The Hall–Kier alpha value is -0.420. The highest BCUT2D eigenvalue weighted by atomic mass is 16.8. The predicted molar refractivity (Wildman–Crippen MR) is 82.0 cm³/mol. The lowest BCUT2D eigenvalue weighted by atomic mass is 9.77. The normalized spacial score (nSPS) is 44.0. The summed E-state index contributed by atoms with van der Waals surface area (Å²) in [5.74, 6) is -0.153. The van der Waals surface area contributed by atoms with E-state index in [0.717, 1.165) is 19.5 Å². The van der Waals surface area contributed by atoms with Crippen molar-refractivity contribution in [1.82, 2.24) is 4.90 Å². The van der Waals surface area contributed by atoms with Crippen molar-refractivity contribution in [3.8, 4) is 0 Å². The number of allylic oxidation sites excluding steroid dienone is 1. The van der Waals surface area contributed by atoms with Crippen molar-refractivity contribution in [2.24, 2.45) is 5.92 Å². The van der Waals surface area contributed by atoms with Gasteiger partial charge in [-0.05, 0) is 40.2 Å². The van der Waals surface area contributed by atoms with Crippen LogP contribution in [0.25, 0.3) is 0 Å². The van der Waals surface area contributed by atoms with E-state index in [4.69, 9.17) is 9.47 Å². The lowest BCUT2D eigenvalue weighted by molar-refractivity contribution is -0.156. The molecule has 0 amide bonds. The fourth-order valence-corrected chi connectivity index (χ4v) is 4.35. The Bertz CT molecular complexity index is 420. The van der Waals surface area contributed by atoms with Crippen LogP contribution in [0.2, 0.25) is 0 Å². The van der Waals surface area contributed by atoms with E-state index in [0.29, 0.717) is 5.92 Å². The van der Waals surface area contributed by atoms with E-state index < -0.39 is 11.9 Å². The third-order valence-corrected chi connectivity index (χ3v) is 5.26. The van der Waals surface area contributed by atoms with Gasteiger partial charge in [0.05, 0.1) is 12.2 Å². The van der Waals surface area contributed by atoms with Crippen LogP contribution in [-0.2, 0) is 9.47 Å². The Morgan fingerprint density at radius 2 is 2.14 bits per heavy atom. The predicted octanol–water partition coefficient (Wildman–Crippen LogP) is 2.32. The van der Waals surface area contributed by atoms with E-state index in [1.54, 1.807) is 0 Å². The summed E-state index contributed by atoms with van der Waals surface area (Å²) >= 11 is 0. The molecule has 120 valence electrons. The molecule has 1 N–H and O–H groups in total. The molecule has 0 aromatic carbocycles. The van der Waals surface area contributed by atoms with E-state index in [2.05, 4.69) is 24.8 Å². The summed E-state index contributed by atoms with van der Waals surface area (Å²) in [7, 11) is 0. The van der Waals surface area contributed by atoms with Gasteiger partial charge in [0.2, 0.25) is 0 Å². The average molecular weight is 295 g/mol. The number of unbranched alkanes of at least 4 members (excludes halogenated alkanes) is 1. The number of rotatable bonds is 3. The minimum atomic E-state index is -0.570. The van der Waals surface area contributed by atoms with Crippen molar-refractivity contribution >= 4 is 0 Å². The molecule has 0 bridgehead atoms. The second-order valence-electron chi connectivity index (χ2n) is 7.15. The molecular formula is C17H29NO3. The van der Waals surface area contributed by atoms with Crippen LogP contribution in [0, 0.1) is 5.92 Å². The van der Waals surface area contributed by atoms with Crippen molar-refractivity contribution in [3.05, 3.63) is 11.6 Å². The molecule has 0 unspecified atom stereocenters. The molecule has 3 rings (SSSR count). The van der Waals surface area contributed by atoms with Gasteiger partial charge in [0.25, 0.3) is 0 Å². The SMILES string of the molecule is C/C=C1/CN(CCCC)[C@@H]2[C@@H](O)[C@@H]3OC(C)(C)O[C@@H]3C[C@H]12. The molecule has 1 saturated carbocycles. The van der Waals surface area contributed by atoms with Gasteiger partial charge < -0.3 is 14.6 Å². The first kappa shape index (κ1) is 15.5. The first-order valence-electron chi connectivity index (χ1n) is 8.39. The summed E-state index contributed by atoms with van der Waals surface area (Å²) in [5.41, 5.74) is 1.46. The molecule has 2 saturated heterocycles. The molecule has 0 spiro atoms. The molecule has 3 fully saturated rings. The van der Waals surface area contributed by atoms with Gasteiger partial charge in [-0.25, -0.2) is 0 Å². The van der Waals surface area contributed by atoms with Crippen molar-refractivity contribution in [3.63, 3.8) is 0 Å². The summed E-state index contributed by atoms with van der Waals surface area (Å²) in [5, 5.41) is 10.9. The number of ether oxygens (including phenoxy) is 2. The van der Waals surface area contributed by atoms with E-state index >= 15 is 0 Å². The maximum Gasteiger partial charge on any atom is 0.163 e. The average Bonchev–Trinajstić information content (AvgIpc) is 2.93. The lowest BCUT2D eigenvalue weighted by Crippen LogP contribution is -2.55. The molecule has 0 radical (unpaired) electrons. The quantitative estimate of drug-likeness (QED) is 0.811. The monoisotopic (exact) mass is 295 g/mol. The van der Waals surface area contributed by atoms with Crippen LogP contribution in [0.3, 0.4) is 0 Å². The van der Waals surface area contributed by atoms with Crippen molar-refractivity contribution < 1.29 is 14.6 Å². The molecule has 4 nitrogen and oxygen atoms in total. The van der Waals surface area contributed by atoms with Gasteiger partial charge in [-0.15, -0.1) is 0 Å². The number of fused-ring (bicyclic) bond motifs is 2. The van der Waals surface area contributed by atoms with Crippen LogP contribution in [-0.4, -0.2) is 53.2 Å². The minimum Gasteiger partial charge on any atom is -0.389 e. The van der Waals surface area contributed by atoms with Gasteiger partial charge in [0.15, 0.2) is 5.79 Å². The van der Waals surface area contributed by atoms with Crippen LogP contribution >= 0.6 is 0 Å². The van der Waals surface area contributed by atoms with Gasteiger partial charge in [-0.2, -0.15) is 0 Å². The van der Waals surface area contributed by atoms with Gasteiger partial charge >= 0.3 is 0 Å². The molecule has 0 aromatic rings. The Morgan fingerprint density at radius 1 is 1.38 bits per heavy atom. The largest absolute Gasteiger partial charge is 0.389 e. The molecule has 1 aliphatic carbocycles. The number of aliphatic hydroxyl groups excluding tert-OH is 1. The fourth-order valence-electron chi connectivity index (χ4n) is 4.35. The lowest BCUT2D eigenvalue weighted by Gasteiger charge is -2.40. The minimum absolute atomic E-state index is 0.0253. The molecule has 4 heteroatoms. The Labute approximate surface area is 128 Å². The topological polar surface area (TPSA) is 41.9 Å². The summed E-state index contributed by atoms with van der Waals surface area (Å²) in [6.07, 6.45) is 4.97. The number of hydrogen-bond donors (Lipinski definition) is 1. The zero-order valence-corrected chi connectivity index (χ0v) is 13.7. The standard InChI is InChI=1S/C17H29NO3/c1-5-7-8-18-10-11(6-2)12-9-13-16(15(19)14(12)18)21-17(3,4)20-13/h6,12-16,19H,5,7-10H2,1-4H3/b11-6-/t12-,13-,14+,15-,16-/m1/s1. The van der Waals surface area contributed by atoms with E-state index in [1.165, 1.54) is 18.4 Å². The van der Waals surface area contributed by atoms with Crippen LogP contribution < -0.4 is 0 Å². The van der Waals surface area contributed by atoms with Crippen LogP contribution in [0.5, 0.6) is 0 Å². The van der Waals surface area contributed by atoms with Gasteiger partial charge in [-0.1, -0.05) is 25.0 Å². The number of nitrogens with zero attached hydrogens (tertiary/aromatic N) is 1. The number of likely N-dealkylation sites (tertiary alicyclic amines) is 1. The zero-order valence-electron chi connectivity index (χ0n) is 13.7. The maximum atomic E-state index is 10.9. The van der Waals surface area contributed by atoms with Crippen molar-refractivity contribution in [2.75, 3.05) is 13.1 Å². The summed E-state index contributed by atoms with van der Waals surface area (Å²) in [6, 6.07) is 0.196. The summed E-state index contributed by atoms with van der Waals surface area (Å²) in [4.78, 5) is 2.46. The van der Waals surface area contributed by atoms with E-state index in [1.807, 2.05) is 13.8 Å². The molecule has 2 aliphatic heterocycles. The van der Waals surface area contributed by atoms with Crippen molar-refractivity contribution in [1.29, 1.82) is 0 Å². The van der Waals surface area contributed by atoms with Gasteiger partial charge in [0.1, 0.15) is 6.10 Å². The van der Waals surface area contributed by atoms with Gasteiger partial charge in [-0.3, -0.25) is 4.90 Å². The smallest absolute Gasteiger partial charge is 0.163 e. The second kappa shape index (κ2) is 5.65. The highest BCUT2D eigenvalue weighted by Crippen LogP contribution is 2.46. The fraction of sp³-hybridized carbons (Fsp3) is 0.882. The molecule has 21 heavy (non-hydrogen) atoms. The summed E-state index contributed by atoms with van der Waals surface area (Å²) < 4.78 is 12.0. The molecule has 3 aliphatic rings. The highest BCUT2D eigenvalue weighted by molar-refractivity contribution is 5.22. The van der Waals surface area contributed by atoms with E-state index in [9.17, 15) is 5.11 Å². The highest BCUT2D eigenvalue weighted by Gasteiger charge is 2.56. The van der Waals surface area contributed by atoms with Crippen LogP contribution in [0.4, 0.5) is 0 Å². The summed E-state index contributed by atoms with van der Waals surface area (Å²) in [6.45, 7) is 10.3. The Balaban J connectivity index is 1.82.